The Balaban J connectivity index is 2.11. The molecule has 2 aromatic carbocycles. The van der Waals surface area contributed by atoms with Gasteiger partial charge in [-0.1, -0.05) is 24.3 Å². The van der Waals surface area contributed by atoms with Crippen molar-refractivity contribution in [3.05, 3.63) is 64.2 Å². The number of nitro groups is 1. The molecule has 0 saturated heterocycles. The fourth-order valence-corrected chi connectivity index (χ4v) is 2.42. The average Bonchev–Trinajstić information content (AvgIpc) is 2.61. The van der Waals surface area contributed by atoms with E-state index in [1.165, 1.54) is 12.1 Å². The Morgan fingerprint density at radius 3 is 2.60 bits per heavy atom. The third-order valence-electron chi connectivity index (χ3n) is 3.75. The van der Waals surface area contributed by atoms with Gasteiger partial charge in [-0.25, -0.2) is 0 Å². The number of amides is 1. The Kier molecular flexibility index (Phi) is 6.47. The van der Waals surface area contributed by atoms with Crippen molar-refractivity contribution in [3.63, 3.8) is 0 Å². The van der Waals surface area contributed by atoms with E-state index in [9.17, 15) is 14.9 Å². The maximum Gasteiger partial charge on any atom is 0.271 e. The van der Waals surface area contributed by atoms with E-state index in [2.05, 4.69) is 5.32 Å². The van der Waals surface area contributed by atoms with Crippen molar-refractivity contribution in [1.29, 1.82) is 0 Å². The lowest BCUT2D eigenvalue weighted by Gasteiger charge is -2.24. The summed E-state index contributed by atoms with van der Waals surface area (Å²) in [5.74, 6) is -0.273. The number of nitrogens with zero attached hydrogens (tertiary/aromatic N) is 2. The van der Waals surface area contributed by atoms with Crippen molar-refractivity contribution in [3.8, 4) is 0 Å². The predicted molar refractivity (Wildman–Crippen MR) is 96.8 cm³/mol. The van der Waals surface area contributed by atoms with E-state index in [0.717, 1.165) is 11.3 Å². The highest BCUT2D eigenvalue weighted by Crippen LogP contribution is 2.22. The number of carbonyl (C=O) groups is 1. The molecule has 7 heteroatoms. The predicted octanol–water partition coefficient (Wildman–Crippen LogP) is 2.73. The molecule has 0 aromatic heterocycles. The molecule has 2 aromatic rings. The van der Waals surface area contributed by atoms with Crippen molar-refractivity contribution < 1.29 is 14.8 Å². The quantitative estimate of drug-likeness (QED) is 0.567. The van der Waals surface area contributed by atoms with Crippen LogP contribution in [0.4, 0.5) is 17.1 Å². The van der Waals surface area contributed by atoms with Crippen molar-refractivity contribution >= 4 is 23.0 Å². The second-order valence-corrected chi connectivity index (χ2v) is 5.64. The van der Waals surface area contributed by atoms with E-state index in [1.807, 2.05) is 35.2 Å². The minimum Gasteiger partial charge on any atom is -0.396 e. The Morgan fingerprint density at radius 2 is 1.96 bits per heavy atom. The van der Waals surface area contributed by atoms with E-state index < -0.39 is 4.92 Å². The zero-order valence-corrected chi connectivity index (χ0v) is 14.0. The van der Waals surface area contributed by atoms with Crippen LogP contribution in [0.2, 0.25) is 0 Å². The number of nitro benzene ring substituents is 1. The first-order valence-corrected chi connectivity index (χ1v) is 7.97. The fraction of sp³-hybridized carbons (Fsp3) is 0.278. The third-order valence-corrected chi connectivity index (χ3v) is 3.75. The van der Waals surface area contributed by atoms with Crippen LogP contribution in [-0.4, -0.2) is 35.6 Å². The second kappa shape index (κ2) is 8.79. The molecular weight excluding hydrogens is 322 g/mol. The number of aliphatic hydroxyl groups excluding tert-OH is 1. The lowest BCUT2D eigenvalue weighted by molar-refractivity contribution is -0.384. The van der Waals surface area contributed by atoms with Gasteiger partial charge in [0.1, 0.15) is 0 Å². The number of para-hydroxylation sites is 1. The highest BCUT2D eigenvalue weighted by atomic mass is 16.6. The van der Waals surface area contributed by atoms with Crippen molar-refractivity contribution in [2.75, 3.05) is 29.9 Å². The van der Waals surface area contributed by atoms with Crippen LogP contribution in [-0.2, 0) is 4.79 Å². The molecule has 25 heavy (non-hydrogen) atoms. The maximum absolute atomic E-state index is 12.4. The molecule has 132 valence electrons. The van der Waals surface area contributed by atoms with Gasteiger partial charge in [0.25, 0.3) is 5.69 Å². The van der Waals surface area contributed by atoms with Gasteiger partial charge in [0, 0.05) is 31.0 Å². The summed E-state index contributed by atoms with van der Waals surface area (Å²) in [5, 5.41) is 22.7. The molecule has 1 amide bonds. The Morgan fingerprint density at radius 1 is 1.24 bits per heavy atom. The van der Waals surface area contributed by atoms with Gasteiger partial charge in [-0.05, 0) is 31.0 Å². The molecule has 0 atom stereocenters. The van der Waals surface area contributed by atoms with Crippen LogP contribution in [0.5, 0.6) is 0 Å². The van der Waals surface area contributed by atoms with Crippen molar-refractivity contribution in [2.24, 2.45) is 0 Å². The maximum atomic E-state index is 12.4. The minimum absolute atomic E-state index is 0.0366. The number of non-ortho nitro benzene ring substituents is 1. The van der Waals surface area contributed by atoms with Gasteiger partial charge in [-0.15, -0.1) is 0 Å². The third kappa shape index (κ3) is 5.29. The zero-order valence-electron chi connectivity index (χ0n) is 14.0. The largest absolute Gasteiger partial charge is 0.396 e. The number of anilines is 2. The van der Waals surface area contributed by atoms with Crippen LogP contribution >= 0.6 is 0 Å². The highest BCUT2D eigenvalue weighted by Gasteiger charge is 2.14. The average molecular weight is 343 g/mol. The molecule has 0 aliphatic rings. The normalized spacial score (nSPS) is 10.3. The monoisotopic (exact) mass is 343 g/mol. The molecular formula is C18H21N3O4. The Labute approximate surface area is 146 Å². The molecule has 0 radical (unpaired) electrons. The van der Waals surface area contributed by atoms with Crippen LogP contribution in [0.3, 0.4) is 0 Å². The van der Waals surface area contributed by atoms with Gasteiger partial charge in [-0.3, -0.25) is 14.9 Å². The van der Waals surface area contributed by atoms with E-state index in [4.69, 9.17) is 5.11 Å². The van der Waals surface area contributed by atoms with E-state index >= 15 is 0 Å². The van der Waals surface area contributed by atoms with Crippen LogP contribution < -0.4 is 10.2 Å². The summed E-state index contributed by atoms with van der Waals surface area (Å²) in [7, 11) is 0. The summed E-state index contributed by atoms with van der Waals surface area (Å²) in [4.78, 5) is 24.7. The lowest BCUT2D eigenvalue weighted by Crippen LogP contribution is -2.34. The summed E-state index contributed by atoms with van der Waals surface area (Å²) in [6, 6.07) is 13.8. The number of benzene rings is 2. The molecule has 7 nitrogen and oxygen atoms in total. The smallest absolute Gasteiger partial charge is 0.271 e. The summed E-state index contributed by atoms with van der Waals surface area (Å²) in [6.07, 6.45) is 0.540. The first kappa shape index (κ1) is 18.4. The number of carbonyl (C=O) groups excluding carboxylic acids is 1. The standard InChI is InChI=1S/C18H21N3O4/c1-14-8-9-16(21(24)25)12-17(14)19-18(23)13-20(10-5-11-22)15-6-3-2-4-7-15/h2-4,6-9,12,22H,5,10-11,13H2,1H3,(H,19,23). The highest BCUT2D eigenvalue weighted by molar-refractivity contribution is 5.95. The first-order chi connectivity index (χ1) is 12.0. The van der Waals surface area contributed by atoms with Crippen LogP contribution in [0.1, 0.15) is 12.0 Å². The Bertz CT molecular complexity index is 734. The fourth-order valence-electron chi connectivity index (χ4n) is 2.42. The molecule has 0 heterocycles. The van der Waals surface area contributed by atoms with Gasteiger partial charge in [-0.2, -0.15) is 0 Å². The van der Waals surface area contributed by atoms with Crippen LogP contribution in [0.15, 0.2) is 48.5 Å². The topological polar surface area (TPSA) is 95.7 Å². The summed E-state index contributed by atoms with van der Waals surface area (Å²) < 4.78 is 0. The van der Waals surface area contributed by atoms with E-state index in [-0.39, 0.29) is 24.7 Å². The van der Waals surface area contributed by atoms with Gasteiger partial charge >= 0.3 is 0 Å². The van der Waals surface area contributed by atoms with Gasteiger partial charge in [0.15, 0.2) is 0 Å². The minimum atomic E-state index is -0.493. The molecule has 0 saturated carbocycles. The molecule has 0 bridgehead atoms. The van der Waals surface area contributed by atoms with E-state index in [1.54, 1.807) is 13.0 Å². The van der Waals surface area contributed by atoms with Gasteiger partial charge < -0.3 is 15.3 Å². The summed E-state index contributed by atoms with van der Waals surface area (Å²) in [5.41, 5.74) is 1.98. The van der Waals surface area contributed by atoms with Crippen LogP contribution in [0, 0.1) is 17.0 Å². The molecule has 2 N–H and O–H groups in total. The molecule has 0 unspecified atom stereocenters. The zero-order chi connectivity index (χ0) is 18.2. The molecule has 0 spiro atoms. The number of aliphatic hydroxyl groups is 1. The molecule has 2 rings (SSSR count). The van der Waals surface area contributed by atoms with Crippen LogP contribution in [0.25, 0.3) is 0 Å². The lowest BCUT2D eigenvalue weighted by atomic mass is 10.2. The number of aryl methyl sites for hydroxylation is 1. The molecule has 0 fully saturated rings. The number of rotatable bonds is 8. The Hall–Kier alpha value is -2.93. The van der Waals surface area contributed by atoms with Crippen molar-refractivity contribution in [1.82, 2.24) is 0 Å². The van der Waals surface area contributed by atoms with Crippen molar-refractivity contribution in [2.45, 2.75) is 13.3 Å². The molecule has 0 aliphatic heterocycles. The number of hydrogen-bond donors (Lipinski definition) is 2. The number of nitrogens with one attached hydrogen (secondary N) is 1. The number of hydrogen-bond acceptors (Lipinski definition) is 5. The summed E-state index contributed by atoms with van der Waals surface area (Å²) >= 11 is 0. The van der Waals surface area contributed by atoms with Gasteiger partial charge in [0.2, 0.25) is 5.91 Å². The summed E-state index contributed by atoms with van der Waals surface area (Å²) in [6.45, 7) is 2.43. The van der Waals surface area contributed by atoms with Gasteiger partial charge in [0.05, 0.1) is 17.2 Å². The first-order valence-electron chi connectivity index (χ1n) is 7.97. The SMILES string of the molecule is Cc1ccc([N+](=O)[O-])cc1NC(=O)CN(CCCO)c1ccccc1. The second-order valence-electron chi connectivity index (χ2n) is 5.64. The van der Waals surface area contributed by atoms with E-state index in [0.29, 0.717) is 18.7 Å². The molecule has 0 aliphatic carbocycles.